The van der Waals surface area contributed by atoms with Crippen LogP contribution in [0.3, 0.4) is 0 Å². The van der Waals surface area contributed by atoms with Crippen LogP contribution in [0.15, 0.2) is 0 Å². The quantitative estimate of drug-likeness (QED) is 0.589. The Hall–Kier alpha value is -0.190. The van der Waals surface area contributed by atoms with E-state index in [0.29, 0.717) is 6.61 Å². The third kappa shape index (κ3) is 1.90. The highest BCUT2D eigenvalue weighted by Crippen LogP contribution is 2.06. The number of aliphatic hydroxyl groups is 1. The zero-order chi connectivity index (χ0) is 7.40. The number of hydrogen-bond acceptors (Lipinski definition) is 3. The van der Waals surface area contributed by atoms with E-state index < -0.39 is 12.8 Å². The lowest BCUT2D eigenvalue weighted by Crippen LogP contribution is -2.38. The summed E-state index contributed by atoms with van der Waals surface area (Å²) < 4.78 is 21.8. The second kappa shape index (κ2) is 3.85. The van der Waals surface area contributed by atoms with E-state index in [2.05, 4.69) is 0 Å². The lowest BCUT2D eigenvalue weighted by Gasteiger charge is -2.26. The van der Waals surface area contributed by atoms with Crippen LogP contribution in [0.25, 0.3) is 0 Å². The SMILES string of the molecule is OCC1COC(CF)CO1. The number of aliphatic hydroxyl groups excluding tert-OH is 1. The molecule has 0 spiro atoms. The number of alkyl halides is 1. The number of ether oxygens (including phenoxy) is 2. The second-order valence-electron chi connectivity index (χ2n) is 2.25. The molecule has 0 amide bonds. The Bertz CT molecular complexity index is 79.0. The molecule has 0 aromatic carbocycles. The third-order valence-corrected chi connectivity index (χ3v) is 1.41. The van der Waals surface area contributed by atoms with Crippen molar-refractivity contribution >= 4 is 0 Å². The lowest BCUT2D eigenvalue weighted by molar-refractivity contribution is -0.148. The molecule has 4 heteroatoms. The predicted octanol–water partition coefficient (Wildman–Crippen LogP) is -0.268. The minimum atomic E-state index is -0.516. The summed E-state index contributed by atoms with van der Waals surface area (Å²) in [5, 5.41) is 8.55. The van der Waals surface area contributed by atoms with Crippen molar-refractivity contribution in [3.63, 3.8) is 0 Å². The molecular formula is C6H11FO3. The topological polar surface area (TPSA) is 38.7 Å². The average Bonchev–Trinajstić information content (AvgIpc) is 2.05. The maximum Gasteiger partial charge on any atom is 0.118 e. The van der Waals surface area contributed by atoms with E-state index in [-0.39, 0.29) is 19.3 Å². The summed E-state index contributed by atoms with van der Waals surface area (Å²) in [6.45, 7) is -0.0238. The molecule has 0 aromatic heterocycles. The van der Waals surface area contributed by atoms with Crippen molar-refractivity contribution in [3.05, 3.63) is 0 Å². The van der Waals surface area contributed by atoms with Gasteiger partial charge in [0.1, 0.15) is 18.9 Å². The molecule has 1 aliphatic rings. The van der Waals surface area contributed by atoms with Gasteiger partial charge in [-0.1, -0.05) is 0 Å². The molecule has 0 saturated carbocycles. The van der Waals surface area contributed by atoms with Gasteiger partial charge in [-0.2, -0.15) is 0 Å². The Kier molecular flexibility index (Phi) is 3.05. The van der Waals surface area contributed by atoms with Gasteiger partial charge in [0.15, 0.2) is 0 Å². The Morgan fingerprint density at radius 2 is 1.90 bits per heavy atom. The highest BCUT2D eigenvalue weighted by Gasteiger charge is 2.20. The van der Waals surface area contributed by atoms with E-state index in [9.17, 15) is 4.39 Å². The number of hydrogen-bond donors (Lipinski definition) is 1. The summed E-state index contributed by atoms with van der Waals surface area (Å²) in [7, 11) is 0. The van der Waals surface area contributed by atoms with E-state index in [1.807, 2.05) is 0 Å². The molecule has 1 rings (SSSR count). The van der Waals surface area contributed by atoms with Gasteiger partial charge in [0.05, 0.1) is 19.8 Å². The highest BCUT2D eigenvalue weighted by atomic mass is 19.1. The molecule has 1 saturated heterocycles. The van der Waals surface area contributed by atoms with E-state index in [1.165, 1.54) is 0 Å². The molecule has 1 N–H and O–H groups in total. The molecule has 1 heterocycles. The van der Waals surface area contributed by atoms with Gasteiger partial charge in [-0.3, -0.25) is 0 Å². The van der Waals surface area contributed by atoms with Gasteiger partial charge < -0.3 is 14.6 Å². The zero-order valence-corrected chi connectivity index (χ0v) is 5.62. The Morgan fingerprint density at radius 1 is 1.30 bits per heavy atom. The number of rotatable bonds is 2. The van der Waals surface area contributed by atoms with Crippen molar-refractivity contribution in [1.82, 2.24) is 0 Å². The summed E-state index contributed by atoms with van der Waals surface area (Å²) in [5.74, 6) is 0. The van der Waals surface area contributed by atoms with E-state index in [4.69, 9.17) is 14.6 Å². The van der Waals surface area contributed by atoms with Crippen LogP contribution in [-0.4, -0.2) is 43.8 Å². The summed E-state index contributed by atoms with van der Waals surface area (Å²) >= 11 is 0. The predicted molar refractivity (Wildman–Crippen MR) is 32.5 cm³/mol. The average molecular weight is 150 g/mol. The first-order chi connectivity index (χ1) is 4.86. The molecule has 2 unspecified atom stereocenters. The first-order valence-corrected chi connectivity index (χ1v) is 3.27. The minimum absolute atomic E-state index is 0.0565. The second-order valence-corrected chi connectivity index (χ2v) is 2.25. The van der Waals surface area contributed by atoms with Crippen LogP contribution >= 0.6 is 0 Å². The van der Waals surface area contributed by atoms with E-state index in [0.717, 1.165) is 0 Å². The smallest absolute Gasteiger partial charge is 0.118 e. The van der Waals surface area contributed by atoms with Crippen LogP contribution in [0.1, 0.15) is 0 Å². The molecular weight excluding hydrogens is 139 g/mol. The lowest BCUT2D eigenvalue weighted by atomic mass is 10.3. The Labute approximate surface area is 58.7 Å². The summed E-state index contributed by atoms with van der Waals surface area (Å²) in [5.41, 5.74) is 0. The fourth-order valence-electron chi connectivity index (χ4n) is 0.778. The van der Waals surface area contributed by atoms with Gasteiger partial charge in [0.25, 0.3) is 0 Å². The molecule has 0 radical (unpaired) electrons. The van der Waals surface area contributed by atoms with Crippen LogP contribution in [0.5, 0.6) is 0 Å². The maximum absolute atomic E-state index is 11.8. The zero-order valence-electron chi connectivity index (χ0n) is 5.62. The molecule has 10 heavy (non-hydrogen) atoms. The number of halogens is 1. The molecule has 1 fully saturated rings. The summed E-state index contributed by atoms with van der Waals surface area (Å²) in [6, 6.07) is 0. The first kappa shape index (κ1) is 7.91. The van der Waals surface area contributed by atoms with Crippen LogP contribution in [-0.2, 0) is 9.47 Å². The normalized spacial score (nSPS) is 34.2. The van der Waals surface area contributed by atoms with Gasteiger partial charge in [0, 0.05) is 0 Å². The van der Waals surface area contributed by atoms with Crippen LogP contribution in [0, 0.1) is 0 Å². The molecule has 60 valence electrons. The van der Waals surface area contributed by atoms with E-state index >= 15 is 0 Å². The van der Waals surface area contributed by atoms with Crippen LogP contribution in [0.2, 0.25) is 0 Å². The monoisotopic (exact) mass is 150 g/mol. The van der Waals surface area contributed by atoms with E-state index in [1.54, 1.807) is 0 Å². The molecule has 0 aliphatic carbocycles. The summed E-state index contributed by atoms with van der Waals surface area (Å²) in [4.78, 5) is 0. The molecule has 0 aromatic rings. The van der Waals surface area contributed by atoms with Gasteiger partial charge in [-0.15, -0.1) is 0 Å². The van der Waals surface area contributed by atoms with Crippen molar-refractivity contribution in [2.45, 2.75) is 12.2 Å². The standard InChI is InChI=1S/C6H11FO3/c7-1-5-3-10-6(2-8)4-9-5/h5-6,8H,1-4H2. The summed E-state index contributed by atoms with van der Waals surface area (Å²) in [6.07, 6.45) is -0.689. The van der Waals surface area contributed by atoms with Crippen molar-refractivity contribution in [2.24, 2.45) is 0 Å². The molecule has 0 bridgehead atoms. The molecule has 3 nitrogen and oxygen atoms in total. The van der Waals surface area contributed by atoms with Crippen LogP contribution < -0.4 is 0 Å². The van der Waals surface area contributed by atoms with Crippen molar-refractivity contribution < 1.29 is 19.0 Å². The third-order valence-electron chi connectivity index (χ3n) is 1.41. The van der Waals surface area contributed by atoms with Gasteiger partial charge in [-0.25, -0.2) is 4.39 Å². The first-order valence-electron chi connectivity index (χ1n) is 3.27. The van der Waals surface area contributed by atoms with Crippen LogP contribution in [0.4, 0.5) is 4.39 Å². The van der Waals surface area contributed by atoms with Crippen molar-refractivity contribution in [1.29, 1.82) is 0 Å². The largest absolute Gasteiger partial charge is 0.394 e. The fraction of sp³-hybridized carbons (Fsp3) is 1.00. The maximum atomic E-state index is 11.8. The Morgan fingerprint density at radius 3 is 2.30 bits per heavy atom. The van der Waals surface area contributed by atoms with Gasteiger partial charge in [-0.05, 0) is 0 Å². The van der Waals surface area contributed by atoms with Crippen molar-refractivity contribution in [3.8, 4) is 0 Å². The molecule has 2 atom stereocenters. The van der Waals surface area contributed by atoms with Gasteiger partial charge in [0.2, 0.25) is 0 Å². The van der Waals surface area contributed by atoms with Crippen molar-refractivity contribution in [2.75, 3.05) is 26.5 Å². The Balaban J connectivity index is 2.17. The molecule has 1 aliphatic heterocycles. The van der Waals surface area contributed by atoms with Gasteiger partial charge >= 0.3 is 0 Å². The minimum Gasteiger partial charge on any atom is -0.394 e. The fourth-order valence-corrected chi connectivity index (χ4v) is 0.778. The highest BCUT2D eigenvalue weighted by molar-refractivity contribution is 4.65.